The lowest BCUT2D eigenvalue weighted by atomic mass is 10.3. The summed E-state index contributed by atoms with van der Waals surface area (Å²) in [5.74, 6) is -1.19. The van der Waals surface area contributed by atoms with Crippen LogP contribution >= 0.6 is 0 Å². The van der Waals surface area contributed by atoms with Crippen LogP contribution in [0.3, 0.4) is 0 Å². The van der Waals surface area contributed by atoms with Gasteiger partial charge in [-0.15, -0.1) is 10.2 Å². The molecule has 1 unspecified atom stereocenters. The van der Waals surface area contributed by atoms with Crippen LogP contribution in [0.25, 0.3) is 0 Å². The lowest BCUT2D eigenvalue weighted by Crippen LogP contribution is -2.32. The number of tetrazole rings is 1. The molecule has 1 aromatic rings. The summed E-state index contributed by atoms with van der Waals surface area (Å²) in [7, 11) is 0. The molecule has 72 valence electrons. The SMILES string of the molecule is CC(NC(=O)C(F)F)c1nn[nH]n1. The molecular formula is C5H7F2N5O. The lowest BCUT2D eigenvalue weighted by Gasteiger charge is -2.08. The minimum Gasteiger partial charge on any atom is -0.341 e. The molecular weight excluding hydrogens is 184 g/mol. The number of carbonyl (C=O) groups is 1. The van der Waals surface area contributed by atoms with Crippen molar-refractivity contribution < 1.29 is 13.6 Å². The molecule has 0 radical (unpaired) electrons. The van der Waals surface area contributed by atoms with Crippen molar-refractivity contribution in [1.29, 1.82) is 0 Å². The highest BCUT2D eigenvalue weighted by Crippen LogP contribution is 2.04. The molecule has 1 rings (SSSR count). The second-order valence-electron chi connectivity index (χ2n) is 2.30. The van der Waals surface area contributed by atoms with Crippen LogP contribution in [0.4, 0.5) is 8.78 Å². The maximum Gasteiger partial charge on any atom is 0.315 e. The van der Waals surface area contributed by atoms with E-state index >= 15 is 0 Å². The predicted molar refractivity (Wildman–Crippen MR) is 36.7 cm³/mol. The topological polar surface area (TPSA) is 83.6 Å². The average molecular weight is 191 g/mol. The molecule has 1 amide bonds. The number of rotatable bonds is 3. The third-order valence-electron chi connectivity index (χ3n) is 1.31. The molecule has 1 heterocycles. The molecule has 6 nitrogen and oxygen atoms in total. The van der Waals surface area contributed by atoms with E-state index in [2.05, 4.69) is 20.6 Å². The van der Waals surface area contributed by atoms with E-state index in [4.69, 9.17) is 0 Å². The van der Waals surface area contributed by atoms with E-state index in [1.807, 2.05) is 5.32 Å². The highest BCUT2D eigenvalue weighted by Gasteiger charge is 2.19. The first-order valence-electron chi connectivity index (χ1n) is 3.43. The predicted octanol–water partition coefficient (Wildman–Crippen LogP) is -0.358. The quantitative estimate of drug-likeness (QED) is 0.683. The van der Waals surface area contributed by atoms with Crippen LogP contribution in [0.1, 0.15) is 18.8 Å². The standard InChI is InChI=1S/C5H7F2N5O/c1-2(4-9-11-12-10-4)8-5(13)3(6)7/h2-3H,1H3,(H,8,13)(H,9,10,11,12). The van der Waals surface area contributed by atoms with Gasteiger partial charge in [-0.3, -0.25) is 4.79 Å². The molecule has 0 bridgehead atoms. The zero-order valence-corrected chi connectivity index (χ0v) is 6.66. The van der Waals surface area contributed by atoms with E-state index in [1.165, 1.54) is 6.92 Å². The van der Waals surface area contributed by atoms with Crippen molar-refractivity contribution in [3.63, 3.8) is 0 Å². The third-order valence-corrected chi connectivity index (χ3v) is 1.31. The molecule has 2 N–H and O–H groups in total. The van der Waals surface area contributed by atoms with Gasteiger partial charge < -0.3 is 5.32 Å². The van der Waals surface area contributed by atoms with Crippen molar-refractivity contribution in [2.45, 2.75) is 19.4 Å². The largest absolute Gasteiger partial charge is 0.341 e. The number of aromatic nitrogens is 4. The molecule has 13 heavy (non-hydrogen) atoms. The van der Waals surface area contributed by atoms with E-state index in [-0.39, 0.29) is 5.82 Å². The lowest BCUT2D eigenvalue weighted by molar-refractivity contribution is -0.132. The van der Waals surface area contributed by atoms with Gasteiger partial charge in [-0.2, -0.15) is 14.0 Å². The van der Waals surface area contributed by atoms with E-state index < -0.39 is 18.4 Å². The summed E-state index contributed by atoms with van der Waals surface area (Å²) in [6.45, 7) is 1.48. The number of aromatic amines is 1. The first kappa shape index (κ1) is 9.49. The summed E-state index contributed by atoms with van der Waals surface area (Å²) in [6, 6.07) is -0.680. The number of hydrogen-bond donors (Lipinski definition) is 2. The van der Waals surface area contributed by atoms with E-state index in [0.717, 1.165) is 0 Å². The molecule has 0 saturated heterocycles. The number of nitrogens with zero attached hydrogens (tertiary/aromatic N) is 3. The normalized spacial score (nSPS) is 12.9. The molecule has 0 aromatic carbocycles. The second-order valence-corrected chi connectivity index (χ2v) is 2.30. The van der Waals surface area contributed by atoms with E-state index in [9.17, 15) is 13.6 Å². The number of amides is 1. The fraction of sp³-hybridized carbons (Fsp3) is 0.600. The van der Waals surface area contributed by atoms with Crippen LogP contribution in [-0.4, -0.2) is 33.0 Å². The van der Waals surface area contributed by atoms with Crippen molar-refractivity contribution in [2.24, 2.45) is 0 Å². The summed E-state index contributed by atoms with van der Waals surface area (Å²) < 4.78 is 23.5. The first-order chi connectivity index (χ1) is 6.11. The van der Waals surface area contributed by atoms with Crippen LogP contribution in [0.2, 0.25) is 0 Å². The van der Waals surface area contributed by atoms with Crippen molar-refractivity contribution in [3.8, 4) is 0 Å². The fourth-order valence-corrected chi connectivity index (χ4v) is 0.694. The number of H-pyrrole nitrogens is 1. The summed E-state index contributed by atoms with van der Waals surface area (Å²) in [6.07, 6.45) is -3.03. The Morgan fingerprint density at radius 2 is 2.31 bits per heavy atom. The molecule has 0 aliphatic heterocycles. The smallest absolute Gasteiger partial charge is 0.315 e. The minimum atomic E-state index is -3.03. The number of hydrogen-bond acceptors (Lipinski definition) is 4. The van der Waals surface area contributed by atoms with Crippen molar-refractivity contribution in [1.82, 2.24) is 25.9 Å². The maximum atomic E-state index is 11.8. The van der Waals surface area contributed by atoms with Crippen LogP contribution < -0.4 is 5.32 Å². The first-order valence-corrected chi connectivity index (χ1v) is 3.43. The van der Waals surface area contributed by atoms with Gasteiger partial charge in [0, 0.05) is 0 Å². The molecule has 8 heteroatoms. The Hall–Kier alpha value is -1.60. The van der Waals surface area contributed by atoms with Gasteiger partial charge in [0.05, 0.1) is 6.04 Å². The van der Waals surface area contributed by atoms with Crippen molar-refractivity contribution >= 4 is 5.91 Å². The van der Waals surface area contributed by atoms with Crippen molar-refractivity contribution in [3.05, 3.63) is 5.82 Å². The Morgan fingerprint density at radius 1 is 1.62 bits per heavy atom. The fourth-order valence-electron chi connectivity index (χ4n) is 0.694. The number of carbonyl (C=O) groups excluding carboxylic acids is 1. The molecule has 0 saturated carbocycles. The van der Waals surface area contributed by atoms with Gasteiger partial charge in [0.1, 0.15) is 0 Å². The van der Waals surface area contributed by atoms with Gasteiger partial charge >= 0.3 is 6.43 Å². The summed E-state index contributed by atoms with van der Waals surface area (Å²) >= 11 is 0. The van der Waals surface area contributed by atoms with Gasteiger partial charge in [0.2, 0.25) is 0 Å². The maximum absolute atomic E-state index is 11.8. The van der Waals surface area contributed by atoms with Crippen LogP contribution in [-0.2, 0) is 4.79 Å². The molecule has 1 atom stereocenters. The van der Waals surface area contributed by atoms with Gasteiger partial charge in [-0.05, 0) is 6.92 Å². The number of halogens is 2. The highest BCUT2D eigenvalue weighted by molar-refractivity contribution is 5.79. The zero-order chi connectivity index (χ0) is 9.84. The van der Waals surface area contributed by atoms with Crippen LogP contribution in [0, 0.1) is 0 Å². The van der Waals surface area contributed by atoms with Crippen LogP contribution in [0.5, 0.6) is 0 Å². The third kappa shape index (κ3) is 2.42. The van der Waals surface area contributed by atoms with Gasteiger partial charge in [0.25, 0.3) is 5.91 Å². The molecule has 1 aromatic heterocycles. The summed E-state index contributed by atoms with van der Waals surface area (Å²) in [4.78, 5) is 10.5. The Kier molecular flexibility index (Phi) is 2.83. The highest BCUT2D eigenvalue weighted by atomic mass is 19.3. The molecule has 0 aliphatic rings. The monoisotopic (exact) mass is 191 g/mol. The Balaban J connectivity index is 2.51. The van der Waals surface area contributed by atoms with Crippen molar-refractivity contribution in [2.75, 3.05) is 0 Å². The second kappa shape index (κ2) is 3.87. The van der Waals surface area contributed by atoms with Gasteiger partial charge in [-0.25, -0.2) is 0 Å². The number of nitrogens with one attached hydrogen (secondary N) is 2. The van der Waals surface area contributed by atoms with E-state index in [0.29, 0.717) is 0 Å². The minimum absolute atomic E-state index is 0.161. The Bertz CT molecular complexity index is 274. The van der Waals surface area contributed by atoms with Gasteiger partial charge in [-0.1, -0.05) is 5.21 Å². The molecule has 0 fully saturated rings. The average Bonchev–Trinajstić information content (AvgIpc) is 2.55. The van der Waals surface area contributed by atoms with Crippen LogP contribution in [0.15, 0.2) is 0 Å². The molecule has 0 spiro atoms. The van der Waals surface area contributed by atoms with Gasteiger partial charge in [0.15, 0.2) is 5.82 Å². The Morgan fingerprint density at radius 3 is 2.77 bits per heavy atom. The number of alkyl halides is 2. The summed E-state index contributed by atoms with van der Waals surface area (Å²) in [5, 5.41) is 14.4. The van der Waals surface area contributed by atoms with E-state index in [1.54, 1.807) is 0 Å². The zero-order valence-electron chi connectivity index (χ0n) is 6.66. The Labute approximate surface area is 71.7 Å². The summed E-state index contributed by atoms with van der Waals surface area (Å²) in [5.41, 5.74) is 0. The molecule has 0 aliphatic carbocycles.